The maximum absolute atomic E-state index is 12.1. The van der Waals surface area contributed by atoms with Crippen molar-refractivity contribution >= 4 is 11.6 Å². The van der Waals surface area contributed by atoms with E-state index in [2.05, 4.69) is 21.7 Å². The van der Waals surface area contributed by atoms with Gasteiger partial charge in [0.25, 0.3) is 5.91 Å². The van der Waals surface area contributed by atoms with Crippen molar-refractivity contribution < 1.29 is 4.79 Å². The average Bonchev–Trinajstić information content (AvgIpc) is 2.48. The predicted octanol–water partition coefficient (Wildman–Crippen LogP) is 1.98. The van der Waals surface area contributed by atoms with E-state index in [9.17, 15) is 4.79 Å². The summed E-state index contributed by atoms with van der Waals surface area (Å²) in [4.78, 5) is 16.1. The van der Waals surface area contributed by atoms with Crippen LogP contribution in [0.3, 0.4) is 0 Å². The molecule has 19 heavy (non-hydrogen) atoms. The van der Waals surface area contributed by atoms with Gasteiger partial charge < -0.3 is 10.6 Å². The van der Waals surface area contributed by atoms with E-state index in [0.717, 1.165) is 25.2 Å². The summed E-state index contributed by atoms with van der Waals surface area (Å²) in [7, 11) is 0. The molecule has 1 aliphatic heterocycles. The van der Waals surface area contributed by atoms with Crippen molar-refractivity contribution in [3.8, 4) is 0 Å². The molecule has 1 amide bonds. The number of aromatic nitrogens is 1. The highest BCUT2D eigenvalue weighted by Crippen LogP contribution is 2.23. The first-order valence-corrected chi connectivity index (χ1v) is 6.37. The lowest BCUT2D eigenvalue weighted by Gasteiger charge is -2.20. The third-order valence-corrected chi connectivity index (χ3v) is 3.34. The van der Waals surface area contributed by atoms with Gasteiger partial charge in [-0.1, -0.05) is 12.1 Å². The van der Waals surface area contributed by atoms with Crippen LogP contribution in [0.1, 0.15) is 21.5 Å². The Labute approximate surface area is 111 Å². The highest BCUT2D eigenvalue weighted by atomic mass is 16.1. The molecule has 1 aromatic heterocycles. The molecule has 0 fully saturated rings. The summed E-state index contributed by atoms with van der Waals surface area (Å²) in [5.74, 6) is -0.0960. The summed E-state index contributed by atoms with van der Waals surface area (Å²) in [5, 5.41) is 6.31. The fraction of sp³-hybridized carbons (Fsp3) is 0.200. The zero-order valence-corrected chi connectivity index (χ0v) is 10.5. The minimum atomic E-state index is -0.0960. The number of benzene rings is 1. The SMILES string of the molecule is O=C(Nc1cccc2c1CNCC2)c1ccncc1. The molecule has 3 rings (SSSR count). The molecule has 1 aromatic carbocycles. The molecule has 4 nitrogen and oxygen atoms in total. The number of anilines is 1. The number of fused-ring (bicyclic) bond motifs is 1. The van der Waals surface area contributed by atoms with Crippen LogP contribution in [0.4, 0.5) is 5.69 Å². The summed E-state index contributed by atoms with van der Waals surface area (Å²) < 4.78 is 0. The van der Waals surface area contributed by atoms with Crippen LogP contribution in [0.15, 0.2) is 42.7 Å². The Kier molecular flexibility index (Phi) is 3.25. The second kappa shape index (κ2) is 5.20. The van der Waals surface area contributed by atoms with Crippen LogP contribution in [0.25, 0.3) is 0 Å². The Hall–Kier alpha value is -2.20. The van der Waals surface area contributed by atoms with E-state index < -0.39 is 0 Å². The number of pyridine rings is 1. The fourth-order valence-corrected chi connectivity index (χ4v) is 2.33. The van der Waals surface area contributed by atoms with Gasteiger partial charge >= 0.3 is 0 Å². The number of nitrogens with one attached hydrogen (secondary N) is 2. The van der Waals surface area contributed by atoms with Crippen molar-refractivity contribution in [2.45, 2.75) is 13.0 Å². The molecular weight excluding hydrogens is 238 g/mol. The van der Waals surface area contributed by atoms with Crippen LogP contribution in [-0.2, 0) is 13.0 Å². The summed E-state index contributed by atoms with van der Waals surface area (Å²) in [5.41, 5.74) is 4.02. The van der Waals surface area contributed by atoms with Gasteiger partial charge in [-0.05, 0) is 42.3 Å². The molecule has 0 saturated carbocycles. The molecule has 4 heteroatoms. The summed E-state index contributed by atoms with van der Waals surface area (Å²) >= 11 is 0. The Morgan fingerprint density at radius 2 is 2.05 bits per heavy atom. The molecule has 2 aromatic rings. The molecule has 0 unspecified atom stereocenters. The first kappa shape index (κ1) is 11.9. The lowest BCUT2D eigenvalue weighted by Crippen LogP contribution is -2.25. The predicted molar refractivity (Wildman–Crippen MR) is 74.0 cm³/mol. The van der Waals surface area contributed by atoms with E-state index in [4.69, 9.17) is 0 Å². The summed E-state index contributed by atoms with van der Waals surface area (Å²) in [6.45, 7) is 1.80. The van der Waals surface area contributed by atoms with E-state index in [1.807, 2.05) is 12.1 Å². The lowest BCUT2D eigenvalue weighted by molar-refractivity contribution is 0.102. The molecule has 96 valence electrons. The van der Waals surface area contributed by atoms with Gasteiger partial charge in [-0.25, -0.2) is 0 Å². The first-order chi connectivity index (χ1) is 9.34. The van der Waals surface area contributed by atoms with Crippen molar-refractivity contribution in [3.05, 3.63) is 59.4 Å². The van der Waals surface area contributed by atoms with Crippen LogP contribution < -0.4 is 10.6 Å². The van der Waals surface area contributed by atoms with Crippen molar-refractivity contribution in [2.24, 2.45) is 0 Å². The number of carbonyl (C=O) groups excluding carboxylic acids is 1. The molecule has 0 bridgehead atoms. The second-order valence-electron chi connectivity index (χ2n) is 4.56. The Balaban J connectivity index is 1.86. The van der Waals surface area contributed by atoms with E-state index in [1.54, 1.807) is 24.5 Å². The molecule has 0 saturated heterocycles. The maximum atomic E-state index is 12.1. The van der Waals surface area contributed by atoms with Gasteiger partial charge in [0.05, 0.1) is 0 Å². The maximum Gasteiger partial charge on any atom is 0.255 e. The van der Waals surface area contributed by atoms with Gasteiger partial charge in [-0.2, -0.15) is 0 Å². The van der Waals surface area contributed by atoms with Gasteiger partial charge in [-0.15, -0.1) is 0 Å². The zero-order chi connectivity index (χ0) is 13.1. The first-order valence-electron chi connectivity index (χ1n) is 6.37. The van der Waals surface area contributed by atoms with Crippen molar-refractivity contribution in [3.63, 3.8) is 0 Å². The van der Waals surface area contributed by atoms with Gasteiger partial charge in [-0.3, -0.25) is 9.78 Å². The summed E-state index contributed by atoms with van der Waals surface area (Å²) in [6.07, 6.45) is 4.25. The molecule has 0 radical (unpaired) electrons. The lowest BCUT2D eigenvalue weighted by atomic mass is 9.99. The molecule has 0 spiro atoms. The number of amides is 1. The van der Waals surface area contributed by atoms with Crippen LogP contribution in [-0.4, -0.2) is 17.4 Å². The Morgan fingerprint density at radius 1 is 1.21 bits per heavy atom. The third kappa shape index (κ3) is 2.48. The van der Waals surface area contributed by atoms with Crippen LogP contribution in [0.5, 0.6) is 0 Å². The Morgan fingerprint density at radius 3 is 2.89 bits per heavy atom. The summed E-state index contributed by atoms with van der Waals surface area (Å²) in [6, 6.07) is 9.49. The Bertz CT molecular complexity index is 596. The number of hydrogen-bond donors (Lipinski definition) is 2. The highest BCUT2D eigenvalue weighted by Gasteiger charge is 2.14. The van der Waals surface area contributed by atoms with Gasteiger partial charge in [0.15, 0.2) is 0 Å². The van der Waals surface area contributed by atoms with Gasteiger partial charge in [0.2, 0.25) is 0 Å². The quantitative estimate of drug-likeness (QED) is 0.860. The number of hydrogen-bond acceptors (Lipinski definition) is 3. The van der Waals surface area contributed by atoms with Crippen molar-refractivity contribution in [1.82, 2.24) is 10.3 Å². The largest absolute Gasteiger partial charge is 0.322 e. The van der Waals surface area contributed by atoms with Gasteiger partial charge in [0, 0.05) is 30.2 Å². The molecule has 2 heterocycles. The van der Waals surface area contributed by atoms with Crippen LogP contribution >= 0.6 is 0 Å². The third-order valence-electron chi connectivity index (χ3n) is 3.34. The number of nitrogens with zero attached hydrogens (tertiary/aromatic N) is 1. The second-order valence-corrected chi connectivity index (χ2v) is 4.56. The van der Waals surface area contributed by atoms with E-state index >= 15 is 0 Å². The molecule has 2 N–H and O–H groups in total. The van der Waals surface area contributed by atoms with Crippen molar-refractivity contribution in [2.75, 3.05) is 11.9 Å². The fourth-order valence-electron chi connectivity index (χ4n) is 2.33. The smallest absolute Gasteiger partial charge is 0.255 e. The number of rotatable bonds is 2. The van der Waals surface area contributed by atoms with Crippen molar-refractivity contribution in [1.29, 1.82) is 0 Å². The minimum absolute atomic E-state index is 0.0960. The average molecular weight is 253 g/mol. The van der Waals surface area contributed by atoms with E-state index in [1.165, 1.54) is 11.1 Å². The molecule has 1 aliphatic rings. The van der Waals surface area contributed by atoms with Crippen LogP contribution in [0, 0.1) is 0 Å². The van der Waals surface area contributed by atoms with E-state index in [0.29, 0.717) is 5.56 Å². The highest BCUT2D eigenvalue weighted by molar-refractivity contribution is 6.04. The molecule has 0 atom stereocenters. The van der Waals surface area contributed by atoms with Gasteiger partial charge in [0.1, 0.15) is 0 Å². The zero-order valence-electron chi connectivity index (χ0n) is 10.5. The standard InChI is InChI=1S/C15H15N3O/c19-15(12-5-7-16-8-6-12)18-14-3-1-2-11-4-9-17-10-13(11)14/h1-3,5-8,17H,4,9-10H2,(H,18,19). The van der Waals surface area contributed by atoms with Crippen LogP contribution in [0.2, 0.25) is 0 Å². The molecular formula is C15H15N3O. The molecule has 0 aliphatic carbocycles. The number of carbonyl (C=O) groups is 1. The minimum Gasteiger partial charge on any atom is -0.322 e. The normalized spacial score (nSPS) is 13.7. The van der Waals surface area contributed by atoms with E-state index in [-0.39, 0.29) is 5.91 Å². The monoisotopic (exact) mass is 253 g/mol. The topological polar surface area (TPSA) is 54.0 Å².